The van der Waals surface area contributed by atoms with Gasteiger partial charge in [0.1, 0.15) is 12.4 Å². The summed E-state index contributed by atoms with van der Waals surface area (Å²) in [5, 5.41) is 13.9. The molecule has 5 nitrogen and oxygen atoms in total. The number of ether oxygens (including phenoxy) is 1. The van der Waals surface area contributed by atoms with Crippen LogP contribution in [-0.4, -0.2) is 18.1 Å². The molecule has 0 aliphatic rings. The summed E-state index contributed by atoms with van der Waals surface area (Å²) in [6, 6.07) is 4.65. The lowest BCUT2D eigenvalue weighted by Crippen LogP contribution is -2.13. The maximum absolute atomic E-state index is 10.8. The molecule has 19 heavy (non-hydrogen) atoms. The minimum atomic E-state index is -0.399. The van der Waals surface area contributed by atoms with Crippen molar-refractivity contribution in [2.75, 3.05) is 13.2 Å². The Morgan fingerprint density at radius 2 is 2.21 bits per heavy atom. The Bertz CT molecular complexity index is 458. The lowest BCUT2D eigenvalue weighted by molar-refractivity contribution is -0.384. The van der Waals surface area contributed by atoms with Gasteiger partial charge in [-0.3, -0.25) is 10.1 Å². The standard InChI is InChI=1S/C14H20N2O3/c1-4-11(3)10-19-14-7-6-13(16(17)18)8-12(14)9-15-5-2/h6-8,15H,3-5,9-10H2,1-2H3. The largest absolute Gasteiger partial charge is 0.489 e. The van der Waals surface area contributed by atoms with Crippen LogP contribution in [0.2, 0.25) is 0 Å². The minimum absolute atomic E-state index is 0.0783. The third kappa shape index (κ3) is 4.71. The molecule has 0 saturated heterocycles. The number of rotatable bonds is 8. The second kappa shape index (κ2) is 7.53. The van der Waals surface area contributed by atoms with E-state index in [1.165, 1.54) is 6.07 Å². The number of non-ortho nitro benzene ring substituents is 1. The molecule has 0 aromatic heterocycles. The van der Waals surface area contributed by atoms with Crippen LogP contribution in [0.4, 0.5) is 5.69 Å². The van der Waals surface area contributed by atoms with Gasteiger partial charge in [-0.25, -0.2) is 0 Å². The van der Waals surface area contributed by atoms with Crippen LogP contribution >= 0.6 is 0 Å². The fourth-order valence-electron chi connectivity index (χ4n) is 1.50. The number of nitrogens with zero attached hydrogens (tertiary/aromatic N) is 1. The van der Waals surface area contributed by atoms with Gasteiger partial charge in [-0.15, -0.1) is 0 Å². The zero-order chi connectivity index (χ0) is 14.3. The number of hydrogen-bond acceptors (Lipinski definition) is 4. The molecule has 0 unspecified atom stereocenters. The predicted molar refractivity (Wildman–Crippen MR) is 75.4 cm³/mol. The van der Waals surface area contributed by atoms with Crippen molar-refractivity contribution in [3.8, 4) is 5.75 Å². The maximum atomic E-state index is 10.8. The summed E-state index contributed by atoms with van der Waals surface area (Å²) in [6.45, 7) is 9.66. The molecule has 0 radical (unpaired) electrons. The van der Waals surface area contributed by atoms with Crippen molar-refractivity contribution in [1.82, 2.24) is 5.32 Å². The third-order valence-electron chi connectivity index (χ3n) is 2.75. The van der Waals surface area contributed by atoms with Gasteiger partial charge in [0.05, 0.1) is 4.92 Å². The molecule has 0 amide bonds. The highest BCUT2D eigenvalue weighted by atomic mass is 16.6. The molecule has 1 aromatic carbocycles. The number of nitrogens with one attached hydrogen (secondary N) is 1. The van der Waals surface area contributed by atoms with Crippen LogP contribution in [0.5, 0.6) is 5.75 Å². The Kier molecular flexibility index (Phi) is 6.02. The van der Waals surface area contributed by atoms with Crippen LogP contribution in [0.1, 0.15) is 25.8 Å². The average molecular weight is 264 g/mol. The Balaban J connectivity index is 2.88. The first-order chi connectivity index (χ1) is 9.08. The van der Waals surface area contributed by atoms with Crippen molar-refractivity contribution in [2.45, 2.75) is 26.8 Å². The summed E-state index contributed by atoms with van der Waals surface area (Å²) in [7, 11) is 0. The summed E-state index contributed by atoms with van der Waals surface area (Å²) in [5.41, 5.74) is 1.86. The smallest absolute Gasteiger partial charge is 0.270 e. The summed E-state index contributed by atoms with van der Waals surface area (Å²) in [6.07, 6.45) is 0.857. The van der Waals surface area contributed by atoms with Gasteiger partial charge in [0.25, 0.3) is 5.69 Å². The van der Waals surface area contributed by atoms with Gasteiger partial charge < -0.3 is 10.1 Å². The van der Waals surface area contributed by atoms with Crippen molar-refractivity contribution in [3.05, 3.63) is 46.0 Å². The van der Waals surface area contributed by atoms with Crippen molar-refractivity contribution < 1.29 is 9.66 Å². The number of benzene rings is 1. The van der Waals surface area contributed by atoms with Gasteiger partial charge in [0.15, 0.2) is 0 Å². The second-order valence-electron chi connectivity index (χ2n) is 4.22. The van der Waals surface area contributed by atoms with Crippen LogP contribution in [0.15, 0.2) is 30.4 Å². The molecule has 5 heteroatoms. The van der Waals surface area contributed by atoms with Crippen LogP contribution in [0, 0.1) is 10.1 Å². The number of nitro groups is 1. The summed E-state index contributed by atoms with van der Waals surface area (Å²) < 4.78 is 5.66. The van der Waals surface area contributed by atoms with Crippen LogP contribution < -0.4 is 10.1 Å². The van der Waals surface area contributed by atoms with E-state index in [1.54, 1.807) is 12.1 Å². The molecular formula is C14H20N2O3. The Morgan fingerprint density at radius 3 is 2.79 bits per heavy atom. The quantitative estimate of drug-likeness (QED) is 0.445. The molecule has 0 bridgehead atoms. The van der Waals surface area contributed by atoms with Crippen molar-refractivity contribution >= 4 is 5.69 Å². The molecular weight excluding hydrogens is 244 g/mol. The van der Waals surface area contributed by atoms with Crippen molar-refractivity contribution in [1.29, 1.82) is 0 Å². The summed E-state index contributed by atoms with van der Waals surface area (Å²) in [5.74, 6) is 0.668. The molecule has 0 atom stereocenters. The van der Waals surface area contributed by atoms with Gasteiger partial charge >= 0.3 is 0 Å². The Labute approximate surface area is 113 Å². The SMILES string of the molecule is C=C(CC)COc1ccc([N+](=O)[O-])cc1CNCC. The van der Waals surface area contributed by atoms with Crippen LogP contribution in [0.25, 0.3) is 0 Å². The normalized spacial score (nSPS) is 10.2. The molecule has 0 aliphatic carbocycles. The molecule has 1 aromatic rings. The lowest BCUT2D eigenvalue weighted by atomic mass is 10.1. The molecule has 1 rings (SSSR count). The topological polar surface area (TPSA) is 64.4 Å². The highest BCUT2D eigenvalue weighted by Gasteiger charge is 2.11. The van der Waals surface area contributed by atoms with Gasteiger partial charge in [-0.1, -0.05) is 20.4 Å². The van der Waals surface area contributed by atoms with Gasteiger partial charge in [0, 0.05) is 24.2 Å². The van der Waals surface area contributed by atoms with Crippen molar-refractivity contribution in [2.24, 2.45) is 0 Å². The van der Waals surface area contributed by atoms with E-state index in [9.17, 15) is 10.1 Å². The summed E-state index contributed by atoms with van der Waals surface area (Å²) >= 11 is 0. The Hall–Kier alpha value is -1.88. The number of nitro benzene ring substituents is 1. The monoisotopic (exact) mass is 264 g/mol. The highest BCUT2D eigenvalue weighted by Crippen LogP contribution is 2.24. The van der Waals surface area contributed by atoms with E-state index in [-0.39, 0.29) is 5.69 Å². The van der Waals surface area contributed by atoms with Crippen LogP contribution in [0.3, 0.4) is 0 Å². The zero-order valence-corrected chi connectivity index (χ0v) is 11.4. The summed E-state index contributed by atoms with van der Waals surface area (Å²) in [4.78, 5) is 10.4. The van der Waals surface area contributed by atoms with E-state index in [1.807, 2.05) is 13.8 Å². The molecule has 0 saturated carbocycles. The zero-order valence-electron chi connectivity index (χ0n) is 11.4. The van der Waals surface area contributed by atoms with Crippen molar-refractivity contribution in [3.63, 3.8) is 0 Å². The van der Waals surface area contributed by atoms with Gasteiger partial charge in [-0.2, -0.15) is 0 Å². The fourth-order valence-corrected chi connectivity index (χ4v) is 1.50. The first kappa shape index (κ1) is 15.2. The lowest BCUT2D eigenvalue weighted by Gasteiger charge is -2.12. The van der Waals surface area contributed by atoms with Crippen LogP contribution in [-0.2, 0) is 6.54 Å². The molecule has 0 heterocycles. The molecule has 104 valence electrons. The highest BCUT2D eigenvalue weighted by molar-refractivity contribution is 5.44. The van der Waals surface area contributed by atoms with E-state index in [0.717, 1.165) is 24.1 Å². The van der Waals surface area contributed by atoms with E-state index in [4.69, 9.17) is 4.74 Å². The van der Waals surface area contributed by atoms with E-state index >= 15 is 0 Å². The fraction of sp³-hybridized carbons (Fsp3) is 0.429. The van der Waals surface area contributed by atoms with Gasteiger partial charge in [-0.05, 0) is 24.6 Å². The molecule has 1 N–H and O–H groups in total. The predicted octanol–water partition coefficient (Wildman–Crippen LogP) is 3.05. The molecule has 0 aliphatic heterocycles. The molecule has 0 fully saturated rings. The second-order valence-corrected chi connectivity index (χ2v) is 4.22. The van der Waals surface area contributed by atoms with E-state index in [0.29, 0.717) is 18.9 Å². The third-order valence-corrected chi connectivity index (χ3v) is 2.75. The first-order valence-electron chi connectivity index (χ1n) is 6.36. The maximum Gasteiger partial charge on any atom is 0.270 e. The van der Waals surface area contributed by atoms with E-state index < -0.39 is 4.92 Å². The number of hydrogen-bond donors (Lipinski definition) is 1. The Morgan fingerprint density at radius 1 is 1.47 bits per heavy atom. The molecule has 0 spiro atoms. The average Bonchev–Trinajstić information content (AvgIpc) is 2.42. The van der Waals surface area contributed by atoms with E-state index in [2.05, 4.69) is 11.9 Å². The minimum Gasteiger partial charge on any atom is -0.489 e. The van der Waals surface area contributed by atoms with Gasteiger partial charge in [0.2, 0.25) is 0 Å². The first-order valence-corrected chi connectivity index (χ1v) is 6.36.